The minimum Gasteiger partial charge on any atom is -0.287 e. The third kappa shape index (κ3) is 3.71. The van der Waals surface area contributed by atoms with E-state index in [9.17, 15) is 5.26 Å². The average Bonchev–Trinajstić information content (AvgIpc) is 2.65. The Labute approximate surface area is 143 Å². The maximum Gasteiger partial charge on any atom is 0.122 e. The molecule has 0 spiro atoms. The first-order valence-corrected chi connectivity index (χ1v) is 8.10. The Balaban J connectivity index is 1.94. The van der Waals surface area contributed by atoms with E-state index in [2.05, 4.69) is 42.6 Å². The van der Waals surface area contributed by atoms with Crippen molar-refractivity contribution in [1.82, 2.24) is 5.32 Å². The standard InChI is InChI=1S/C22H20N2/c1-17-12-14-18(15-13-17)21(16-23)24-22(19-8-4-2-5-9-19)20-10-6-3-7-11-20/h2-15,21-22,24H,1H3. The first-order chi connectivity index (χ1) is 11.8. The summed E-state index contributed by atoms with van der Waals surface area (Å²) >= 11 is 0. The van der Waals surface area contributed by atoms with E-state index in [1.165, 1.54) is 5.56 Å². The molecular formula is C22H20N2. The molecule has 0 bridgehead atoms. The summed E-state index contributed by atoms with van der Waals surface area (Å²) in [7, 11) is 0. The van der Waals surface area contributed by atoms with Crippen LogP contribution in [0.2, 0.25) is 0 Å². The second-order valence-electron chi connectivity index (χ2n) is 5.89. The van der Waals surface area contributed by atoms with Gasteiger partial charge in [0.05, 0.1) is 12.1 Å². The Bertz CT molecular complexity index is 763. The van der Waals surface area contributed by atoms with Crippen molar-refractivity contribution in [1.29, 1.82) is 5.26 Å². The van der Waals surface area contributed by atoms with Crippen LogP contribution in [0.25, 0.3) is 0 Å². The molecule has 1 N–H and O–H groups in total. The summed E-state index contributed by atoms with van der Waals surface area (Å²) in [5.74, 6) is 0. The van der Waals surface area contributed by atoms with Gasteiger partial charge in [0.1, 0.15) is 6.04 Å². The van der Waals surface area contributed by atoms with E-state index in [4.69, 9.17) is 0 Å². The number of nitrogens with one attached hydrogen (secondary N) is 1. The summed E-state index contributed by atoms with van der Waals surface area (Å²) in [4.78, 5) is 0. The van der Waals surface area contributed by atoms with Crippen molar-refractivity contribution in [2.45, 2.75) is 19.0 Å². The van der Waals surface area contributed by atoms with E-state index in [0.29, 0.717) is 0 Å². The number of nitriles is 1. The smallest absolute Gasteiger partial charge is 0.122 e. The van der Waals surface area contributed by atoms with Crippen LogP contribution >= 0.6 is 0 Å². The molecule has 24 heavy (non-hydrogen) atoms. The number of rotatable bonds is 5. The lowest BCUT2D eigenvalue weighted by Gasteiger charge is -2.23. The SMILES string of the molecule is Cc1ccc(C(C#N)NC(c2ccccc2)c2ccccc2)cc1. The van der Waals surface area contributed by atoms with Gasteiger partial charge in [-0.15, -0.1) is 0 Å². The van der Waals surface area contributed by atoms with Crippen LogP contribution in [0, 0.1) is 18.3 Å². The molecular weight excluding hydrogens is 292 g/mol. The Morgan fingerprint density at radius 1 is 0.708 bits per heavy atom. The predicted octanol–water partition coefficient (Wildman–Crippen LogP) is 4.94. The number of hydrogen-bond donors (Lipinski definition) is 1. The molecule has 0 aliphatic carbocycles. The number of aryl methyl sites for hydroxylation is 1. The molecule has 1 atom stereocenters. The molecule has 0 aliphatic heterocycles. The molecule has 3 aromatic carbocycles. The van der Waals surface area contributed by atoms with Crippen molar-refractivity contribution in [2.75, 3.05) is 0 Å². The highest BCUT2D eigenvalue weighted by Crippen LogP contribution is 2.26. The Morgan fingerprint density at radius 2 is 1.21 bits per heavy atom. The van der Waals surface area contributed by atoms with Crippen LogP contribution < -0.4 is 5.32 Å². The summed E-state index contributed by atoms with van der Waals surface area (Å²) < 4.78 is 0. The van der Waals surface area contributed by atoms with Crippen LogP contribution in [0.3, 0.4) is 0 Å². The monoisotopic (exact) mass is 312 g/mol. The fraction of sp³-hybridized carbons (Fsp3) is 0.136. The van der Waals surface area contributed by atoms with Crippen molar-refractivity contribution in [3.8, 4) is 6.07 Å². The molecule has 3 aromatic rings. The second kappa shape index (κ2) is 7.59. The van der Waals surface area contributed by atoms with Gasteiger partial charge in [0.15, 0.2) is 0 Å². The molecule has 2 nitrogen and oxygen atoms in total. The summed E-state index contributed by atoms with van der Waals surface area (Å²) in [6, 6.07) is 30.6. The molecule has 0 heterocycles. The molecule has 0 aromatic heterocycles. The molecule has 0 saturated carbocycles. The minimum absolute atomic E-state index is 0.0293. The Kier molecular flexibility index (Phi) is 5.05. The fourth-order valence-corrected chi connectivity index (χ4v) is 2.81. The van der Waals surface area contributed by atoms with Crippen molar-refractivity contribution in [3.63, 3.8) is 0 Å². The van der Waals surface area contributed by atoms with E-state index in [0.717, 1.165) is 16.7 Å². The van der Waals surface area contributed by atoms with Crippen LogP contribution in [-0.2, 0) is 0 Å². The second-order valence-corrected chi connectivity index (χ2v) is 5.89. The third-order valence-corrected chi connectivity index (χ3v) is 4.14. The van der Waals surface area contributed by atoms with Gasteiger partial charge in [-0.1, -0.05) is 90.5 Å². The zero-order valence-electron chi connectivity index (χ0n) is 13.7. The molecule has 0 aliphatic rings. The van der Waals surface area contributed by atoms with Gasteiger partial charge in [-0.3, -0.25) is 5.32 Å². The third-order valence-electron chi connectivity index (χ3n) is 4.14. The highest BCUT2D eigenvalue weighted by atomic mass is 15.0. The molecule has 118 valence electrons. The largest absolute Gasteiger partial charge is 0.287 e. The maximum atomic E-state index is 9.68. The lowest BCUT2D eigenvalue weighted by molar-refractivity contribution is 0.559. The Morgan fingerprint density at radius 3 is 1.67 bits per heavy atom. The summed E-state index contributed by atoms with van der Waals surface area (Å²) in [5.41, 5.74) is 4.48. The molecule has 0 saturated heterocycles. The zero-order chi connectivity index (χ0) is 16.8. The quantitative estimate of drug-likeness (QED) is 0.724. The van der Waals surface area contributed by atoms with Crippen molar-refractivity contribution >= 4 is 0 Å². The van der Waals surface area contributed by atoms with Crippen LogP contribution in [0.15, 0.2) is 84.9 Å². The molecule has 0 radical (unpaired) electrons. The zero-order valence-corrected chi connectivity index (χ0v) is 13.7. The van der Waals surface area contributed by atoms with Crippen molar-refractivity contribution in [3.05, 3.63) is 107 Å². The summed E-state index contributed by atoms with van der Waals surface area (Å²) in [6.45, 7) is 2.05. The molecule has 2 heteroatoms. The lowest BCUT2D eigenvalue weighted by Crippen LogP contribution is -2.26. The normalized spacial score (nSPS) is 11.9. The molecule has 0 amide bonds. The van der Waals surface area contributed by atoms with E-state index >= 15 is 0 Å². The van der Waals surface area contributed by atoms with Crippen molar-refractivity contribution < 1.29 is 0 Å². The van der Waals surface area contributed by atoms with Crippen LogP contribution in [0.1, 0.15) is 34.3 Å². The average molecular weight is 312 g/mol. The number of hydrogen-bond acceptors (Lipinski definition) is 2. The van der Waals surface area contributed by atoms with Gasteiger partial charge in [-0.05, 0) is 23.6 Å². The Hall–Kier alpha value is -2.89. The van der Waals surface area contributed by atoms with Gasteiger partial charge in [0, 0.05) is 0 Å². The summed E-state index contributed by atoms with van der Waals surface area (Å²) in [6.07, 6.45) is 0. The van der Waals surface area contributed by atoms with Gasteiger partial charge in [-0.25, -0.2) is 0 Å². The highest BCUT2D eigenvalue weighted by Gasteiger charge is 2.19. The van der Waals surface area contributed by atoms with Gasteiger partial charge >= 0.3 is 0 Å². The topological polar surface area (TPSA) is 35.8 Å². The van der Waals surface area contributed by atoms with Gasteiger partial charge < -0.3 is 0 Å². The van der Waals surface area contributed by atoms with Gasteiger partial charge in [0.25, 0.3) is 0 Å². The van der Waals surface area contributed by atoms with Gasteiger partial charge in [0.2, 0.25) is 0 Å². The predicted molar refractivity (Wildman–Crippen MR) is 97.4 cm³/mol. The lowest BCUT2D eigenvalue weighted by atomic mass is 9.96. The minimum atomic E-state index is -0.365. The number of benzene rings is 3. The van der Waals surface area contributed by atoms with E-state index < -0.39 is 0 Å². The highest BCUT2D eigenvalue weighted by molar-refractivity contribution is 5.34. The van der Waals surface area contributed by atoms with E-state index in [1.807, 2.05) is 60.7 Å². The van der Waals surface area contributed by atoms with Crippen LogP contribution in [0.5, 0.6) is 0 Å². The fourth-order valence-electron chi connectivity index (χ4n) is 2.81. The van der Waals surface area contributed by atoms with E-state index in [1.54, 1.807) is 0 Å². The maximum absolute atomic E-state index is 9.68. The van der Waals surface area contributed by atoms with E-state index in [-0.39, 0.29) is 12.1 Å². The molecule has 3 rings (SSSR count). The van der Waals surface area contributed by atoms with Crippen molar-refractivity contribution in [2.24, 2.45) is 0 Å². The first-order valence-electron chi connectivity index (χ1n) is 8.10. The first kappa shape index (κ1) is 16.0. The van der Waals surface area contributed by atoms with Crippen LogP contribution in [0.4, 0.5) is 0 Å². The van der Waals surface area contributed by atoms with Crippen LogP contribution in [-0.4, -0.2) is 0 Å². The van der Waals surface area contributed by atoms with Gasteiger partial charge in [-0.2, -0.15) is 5.26 Å². The molecule has 0 fully saturated rings. The molecule has 1 unspecified atom stereocenters. The summed E-state index contributed by atoms with van der Waals surface area (Å²) in [5, 5.41) is 13.2. The number of nitrogens with zero attached hydrogens (tertiary/aromatic N) is 1.